The lowest BCUT2D eigenvalue weighted by Gasteiger charge is -2.34. The summed E-state index contributed by atoms with van der Waals surface area (Å²) in [6, 6.07) is 33.4. The van der Waals surface area contributed by atoms with Gasteiger partial charge in [-0.1, -0.05) is 100 Å². The van der Waals surface area contributed by atoms with Gasteiger partial charge in [0.2, 0.25) is 0 Å². The highest BCUT2D eigenvalue weighted by molar-refractivity contribution is 7.82. The number of thiol groups is 2. The lowest BCUT2D eigenvalue weighted by molar-refractivity contribution is -0.145. The molecule has 0 aliphatic heterocycles. The molecular formula is C39H42O6S2. The topological polar surface area (TPSA) is 71.1 Å². The Hall–Kier alpha value is -3.88. The van der Waals surface area contributed by atoms with Crippen LogP contribution in [-0.4, -0.2) is 47.9 Å². The fourth-order valence-corrected chi connectivity index (χ4v) is 6.32. The first-order chi connectivity index (χ1) is 22.4. The Kier molecular flexibility index (Phi) is 10.6. The lowest BCUT2D eigenvalue weighted by Crippen LogP contribution is -2.28. The standard InChI is InChI=1S/C39H42O6S2/c1-37(2,46)25-35(40)44-23-21-42-29-17-13-27(14-18-29)39(33-11-7-5-9-31(33)32-10-6-8-12-34(32)39)28-15-19-30(20-16-28)43-22-24-45-36(41)26-38(3,4)47/h5-20,46-47H,21-26H2,1-4H3. The average Bonchev–Trinajstić information content (AvgIpc) is 3.32. The zero-order chi connectivity index (χ0) is 33.7. The maximum atomic E-state index is 12.0. The van der Waals surface area contributed by atoms with E-state index in [0.717, 1.165) is 11.1 Å². The van der Waals surface area contributed by atoms with Crippen LogP contribution in [0.3, 0.4) is 0 Å². The van der Waals surface area contributed by atoms with Crippen molar-refractivity contribution in [2.45, 2.75) is 55.4 Å². The molecular weight excluding hydrogens is 629 g/mol. The molecule has 47 heavy (non-hydrogen) atoms. The summed E-state index contributed by atoms with van der Waals surface area (Å²) in [5, 5.41) is 0. The van der Waals surface area contributed by atoms with Crippen molar-refractivity contribution in [3.8, 4) is 22.6 Å². The minimum Gasteiger partial charge on any atom is -0.490 e. The van der Waals surface area contributed by atoms with Gasteiger partial charge < -0.3 is 18.9 Å². The van der Waals surface area contributed by atoms with Crippen LogP contribution in [0.2, 0.25) is 0 Å². The van der Waals surface area contributed by atoms with Gasteiger partial charge in [0.05, 0.1) is 18.3 Å². The summed E-state index contributed by atoms with van der Waals surface area (Å²) in [4.78, 5) is 24.1. The van der Waals surface area contributed by atoms with Gasteiger partial charge in [0.1, 0.15) is 37.9 Å². The van der Waals surface area contributed by atoms with Crippen LogP contribution in [-0.2, 0) is 24.5 Å². The van der Waals surface area contributed by atoms with Gasteiger partial charge in [0.15, 0.2) is 0 Å². The number of fused-ring (bicyclic) bond motifs is 3. The number of esters is 2. The average molecular weight is 671 g/mol. The molecule has 0 unspecified atom stereocenters. The van der Waals surface area contributed by atoms with Crippen LogP contribution in [0.15, 0.2) is 97.1 Å². The molecule has 0 amide bonds. The maximum Gasteiger partial charge on any atom is 0.307 e. The van der Waals surface area contributed by atoms with Gasteiger partial charge >= 0.3 is 11.9 Å². The molecule has 6 nitrogen and oxygen atoms in total. The second-order valence-electron chi connectivity index (χ2n) is 13.0. The highest BCUT2D eigenvalue weighted by atomic mass is 32.1. The Morgan fingerprint density at radius 1 is 0.553 bits per heavy atom. The SMILES string of the molecule is CC(C)(S)CC(=O)OCCOc1ccc(C2(c3ccc(OCCOC(=O)CC(C)(C)S)cc3)c3ccccc3-c3ccccc32)cc1. The van der Waals surface area contributed by atoms with Crippen molar-refractivity contribution in [1.29, 1.82) is 0 Å². The monoisotopic (exact) mass is 670 g/mol. The van der Waals surface area contributed by atoms with E-state index < -0.39 is 14.9 Å². The van der Waals surface area contributed by atoms with E-state index in [1.165, 1.54) is 22.3 Å². The van der Waals surface area contributed by atoms with Crippen LogP contribution >= 0.6 is 25.3 Å². The summed E-state index contributed by atoms with van der Waals surface area (Å²) in [5.74, 6) is 0.795. The molecule has 0 aromatic heterocycles. The van der Waals surface area contributed by atoms with Gasteiger partial charge in [-0.05, 0) is 57.6 Å². The molecule has 1 aliphatic carbocycles. The van der Waals surface area contributed by atoms with E-state index in [-0.39, 0.29) is 51.2 Å². The summed E-state index contributed by atoms with van der Waals surface area (Å²) in [6.45, 7) is 8.34. The Morgan fingerprint density at radius 3 is 1.28 bits per heavy atom. The highest BCUT2D eigenvalue weighted by Gasteiger charge is 2.45. The van der Waals surface area contributed by atoms with Crippen molar-refractivity contribution in [1.82, 2.24) is 0 Å². The van der Waals surface area contributed by atoms with Crippen molar-refractivity contribution in [2.75, 3.05) is 26.4 Å². The van der Waals surface area contributed by atoms with Crippen LogP contribution < -0.4 is 9.47 Å². The number of hydrogen-bond donors (Lipinski definition) is 2. The van der Waals surface area contributed by atoms with E-state index in [0.29, 0.717) is 11.5 Å². The summed E-state index contributed by atoms with van der Waals surface area (Å²) < 4.78 is 21.7. The minimum absolute atomic E-state index is 0.166. The zero-order valence-electron chi connectivity index (χ0n) is 27.3. The van der Waals surface area contributed by atoms with Crippen LogP contribution in [0.4, 0.5) is 0 Å². The molecule has 5 rings (SSSR count). The van der Waals surface area contributed by atoms with Crippen molar-refractivity contribution in [3.63, 3.8) is 0 Å². The molecule has 4 aromatic rings. The van der Waals surface area contributed by atoms with Gasteiger partial charge in [-0.2, -0.15) is 25.3 Å². The molecule has 0 N–H and O–H groups in total. The zero-order valence-corrected chi connectivity index (χ0v) is 29.1. The summed E-state index contributed by atoms with van der Waals surface area (Å²) in [7, 11) is 0. The number of hydrogen-bond acceptors (Lipinski definition) is 8. The van der Waals surface area contributed by atoms with Crippen molar-refractivity contribution in [2.24, 2.45) is 0 Å². The fourth-order valence-electron chi connectivity index (χ4n) is 6.06. The normalized spacial score (nSPS) is 13.3. The van der Waals surface area contributed by atoms with Crippen LogP contribution in [0.1, 0.15) is 62.8 Å². The number of ether oxygens (including phenoxy) is 4. The van der Waals surface area contributed by atoms with Crippen LogP contribution in [0.5, 0.6) is 11.5 Å². The second kappa shape index (κ2) is 14.5. The molecule has 0 saturated carbocycles. The second-order valence-corrected chi connectivity index (χ2v) is 15.4. The third-order valence-electron chi connectivity index (χ3n) is 7.91. The first kappa shape index (κ1) is 34.5. The van der Waals surface area contributed by atoms with Crippen molar-refractivity contribution in [3.05, 3.63) is 119 Å². The van der Waals surface area contributed by atoms with Crippen molar-refractivity contribution >= 4 is 37.2 Å². The fraction of sp³-hybridized carbons (Fsp3) is 0.333. The molecule has 4 aromatic carbocycles. The molecule has 0 spiro atoms. The molecule has 0 bridgehead atoms. The molecule has 0 saturated heterocycles. The van der Waals surface area contributed by atoms with E-state index in [1.807, 2.05) is 52.0 Å². The molecule has 0 heterocycles. The molecule has 0 atom stereocenters. The molecule has 0 fully saturated rings. The number of carbonyl (C=O) groups excluding carboxylic acids is 2. The predicted molar refractivity (Wildman–Crippen MR) is 192 cm³/mol. The van der Waals surface area contributed by atoms with E-state index in [4.69, 9.17) is 18.9 Å². The quantitative estimate of drug-likeness (QED) is 0.0707. The smallest absolute Gasteiger partial charge is 0.307 e. The molecule has 246 valence electrons. The predicted octanol–water partition coefficient (Wildman–Crippen LogP) is 8.09. The summed E-state index contributed by atoms with van der Waals surface area (Å²) in [6.07, 6.45) is 0.460. The number of carbonyl (C=O) groups is 2. The van der Waals surface area contributed by atoms with Gasteiger partial charge in [0.25, 0.3) is 0 Å². The number of benzene rings is 4. The van der Waals surface area contributed by atoms with Gasteiger partial charge in [-0.3, -0.25) is 9.59 Å². The first-order valence-corrected chi connectivity index (χ1v) is 16.7. The molecule has 1 aliphatic rings. The third kappa shape index (κ3) is 8.35. The van der Waals surface area contributed by atoms with Gasteiger partial charge in [-0.15, -0.1) is 0 Å². The summed E-state index contributed by atoms with van der Waals surface area (Å²) in [5.41, 5.74) is 6.40. The van der Waals surface area contributed by atoms with Crippen LogP contribution in [0.25, 0.3) is 11.1 Å². The minimum atomic E-state index is -0.575. The van der Waals surface area contributed by atoms with E-state index in [2.05, 4.69) is 98.1 Å². The van der Waals surface area contributed by atoms with Gasteiger partial charge in [-0.25, -0.2) is 0 Å². The first-order valence-electron chi connectivity index (χ1n) is 15.8. The van der Waals surface area contributed by atoms with Crippen molar-refractivity contribution < 1.29 is 28.5 Å². The van der Waals surface area contributed by atoms with Gasteiger partial charge in [0, 0.05) is 9.49 Å². The maximum absolute atomic E-state index is 12.0. The Labute approximate surface area is 288 Å². The Morgan fingerprint density at radius 2 is 0.915 bits per heavy atom. The van der Waals surface area contributed by atoms with E-state index in [1.54, 1.807) is 0 Å². The largest absolute Gasteiger partial charge is 0.490 e. The Bertz CT molecular complexity index is 1560. The molecule has 8 heteroatoms. The highest BCUT2D eigenvalue weighted by Crippen LogP contribution is 2.56. The third-order valence-corrected chi connectivity index (χ3v) is 8.23. The summed E-state index contributed by atoms with van der Waals surface area (Å²) >= 11 is 8.79. The van der Waals surface area contributed by atoms with E-state index >= 15 is 0 Å². The Balaban J connectivity index is 1.36. The lowest BCUT2D eigenvalue weighted by atomic mass is 9.68. The van der Waals surface area contributed by atoms with Crippen LogP contribution in [0, 0.1) is 0 Å². The van der Waals surface area contributed by atoms with E-state index in [9.17, 15) is 9.59 Å². The molecule has 0 radical (unpaired) electrons. The number of rotatable bonds is 14.